The third kappa shape index (κ3) is 7.57. The zero-order valence-corrected chi connectivity index (χ0v) is 49.8. The number of anilines is 2. The van der Waals surface area contributed by atoms with Crippen LogP contribution in [0.15, 0.2) is 174 Å². The van der Waals surface area contributed by atoms with Crippen molar-refractivity contribution in [1.82, 2.24) is 4.57 Å². The first-order valence-electron chi connectivity index (χ1n) is 28.8. The van der Waals surface area contributed by atoms with Gasteiger partial charge in [0.05, 0.1) is 16.7 Å². The highest BCUT2D eigenvalue weighted by Gasteiger charge is 2.47. The molecule has 0 N–H and O–H groups in total. The second-order valence-corrected chi connectivity index (χ2v) is 29.5. The lowest BCUT2D eigenvalue weighted by molar-refractivity contribution is 0.589. The van der Waals surface area contributed by atoms with Crippen molar-refractivity contribution in [3.8, 4) is 16.8 Å². The fourth-order valence-electron chi connectivity index (χ4n) is 13.5. The van der Waals surface area contributed by atoms with Gasteiger partial charge in [0, 0.05) is 79.4 Å². The fraction of sp³-hybridized carbons (Fsp3) is 0.243. The Morgan fingerprint density at radius 1 is 0.450 bits per heavy atom. The first kappa shape index (κ1) is 49.7. The summed E-state index contributed by atoms with van der Waals surface area (Å²) in [7, 11) is 0. The molecule has 0 fully saturated rings. The SMILES string of the molecule is CC(C)(C)c1ccc(C(Cc2ccc3c(c2)sc2cc4c(cc23)-c2ccc3c5cc6sc7ccccc7c6cc5n5c3c2B(c2oc3ccc(C(C)(C)C)cc3c2-5)N4c2ccc(C(C)(C)C)cc2)c2ccc(C(C)(C)C)cc2)cc1. The van der Waals surface area contributed by atoms with Crippen LogP contribution in [0, 0.1) is 0 Å². The number of nitrogens with zero attached hydrogens (tertiary/aromatic N) is 2. The van der Waals surface area contributed by atoms with Crippen LogP contribution in [0.3, 0.4) is 0 Å². The Morgan fingerprint density at radius 3 is 1.68 bits per heavy atom. The number of hydrogen-bond donors (Lipinski definition) is 0. The minimum absolute atomic E-state index is 0.00844. The molecule has 2 aliphatic heterocycles. The molecule has 3 nitrogen and oxygen atoms in total. The lowest BCUT2D eigenvalue weighted by Crippen LogP contribution is -2.60. The molecule has 0 saturated heterocycles. The van der Waals surface area contributed by atoms with Crippen molar-refractivity contribution >= 4 is 125 Å². The maximum Gasteiger partial charge on any atom is 0.375 e. The molecular weight excluding hydrogens is 1010 g/mol. The summed E-state index contributed by atoms with van der Waals surface area (Å²) < 4.78 is 15.3. The zero-order valence-electron chi connectivity index (χ0n) is 48.1. The van der Waals surface area contributed by atoms with Gasteiger partial charge in [0.25, 0.3) is 0 Å². The van der Waals surface area contributed by atoms with Gasteiger partial charge in [-0.15, -0.1) is 22.7 Å². The van der Waals surface area contributed by atoms with Gasteiger partial charge in [-0.05, 0) is 139 Å². The Labute approximate surface area is 478 Å². The smallest absolute Gasteiger partial charge is 0.375 e. The second kappa shape index (κ2) is 17.1. The Bertz CT molecular complexity index is 4650. The second-order valence-electron chi connectivity index (χ2n) is 27.4. The van der Waals surface area contributed by atoms with Gasteiger partial charge in [-0.3, -0.25) is 0 Å². The Balaban J connectivity index is 0.956. The summed E-state index contributed by atoms with van der Waals surface area (Å²) in [6, 6.07) is 66.4. The molecule has 13 aromatic rings. The van der Waals surface area contributed by atoms with Gasteiger partial charge in [-0.1, -0.05) is 192 Å². The number of furan rings is 1. The molecule has 6 heteroatoms. The van der Waals surface area contributed by atoms with E-state index in [-0.39, 0.29) is 34.4 Å². The highest BCUT2D eigenvalue weighted by atomic mass is 32.1. The maximum absolute atomic E-state index is 7.47. The predicted molar refractivity (Wildman–Crippen MR) is 349 cm³/mol. The van der Waals surface area contributed by atoms with E-state index in [4.69, 9.17) is 4.42 Å². The monoisotopic (exact) mass is 1070 g/mol. The quantitative estimate of drug-likeness (QED) is 0.160. The molecule has 2 aliphatic rings. The molecule has 0 aliphatic carbocycles. The first-order chi connectivity index (χ1) is 38.2. The van der Waals surface area contributed by atoms with Gasteiger partial charge in [0.15, 0.2) is 0 Å². The number of fused-ring (bicyclic) bond motifs is 16. The summed E-state index contributed by atoms with van der Waals surface area (Å²) in [6.45, 7) is 27.5. The van der Waals surface area contributed by atoms with E-state index in [0.717, 1.165) is 34.4 Å². The summed E-state index contributed by atoms with van der Waals surface area (Å²) >= 11 is 3.83. The number of hydrogen-bond acceptors (Lipinski definition) is 4. The van der Waals surface area contributed by atoms with E-state index in [1.165, 1.54) is 123 Å². The van der Waals surface area contributed by atoms with E-state index in [9.17, 15) is 0 Å². The van der Waals surface area contributed by atoms with Crippen molar-refractivity contribution in [3.63, 3.8) is 0 Å². The molecule has 6 heterocycles. The fourth-order valence-corrected chi connectivity index (χ4v) is 15.8. The van der Waals surface area contributed by atoms with Crippen LogP contribution in [-0.4, -0.2) is 11.4 Å². The van der Waals surface area contributed by atoms with E-state index in [1.54, 1.807) is 0 Å². The van der Waals surface area contributed by atoms with Gasteiger partial charge in [-0.2, -0.15) is 0 Å². The Hall–Kier alpha value is -7.38. The molecule has 0 bridgehead atoms. The Kier molecular flexibility index (Phi) is 10.6. The van der Waals surface area contributed by atoms with Crippen LogP contribution < -0.4 is 15.9 Å². The van der Waals surface area contributed by atoms with E-state index in [2.05, 4.69) is 262 Å². The van der Waals surface area contributed by atoms with E-state index < -0.39 is 0 Å². The van der Waals surface area contributed by atoms with Crippen LogP contribution in [0.5, 0.6) is 0 Å². The van der Waals surface area contributed by atoms with Crippen LogP contribution in [0.25, 0.3) is 89.9 Å². The van der Waals surface area contributed by atoms with Gasteiger partial charge >= 0.3 is 6.85 Å². The lowest BCUT2D eigenvalue weighted by Gasteiger charge is -2.40. The van der Waals surface area contributed by atoms with Gasteiger partial charge in [0.1, 0.15) is 11.2 Å². The van der Waals surface area contributed by atoms with Crippen molar-refractivity contribution < 1.29 is 4.42 Å². The average Bonchev–Trinajstić information content (AvgIpc) is 4.06. The summed E-state index contributed by atoms with van der Waals surface area (Å²) in [5, 5.41) is 8.95. The van der Waals surface area contributed by atoms with Gasteiger partial charge < -0.3 is 13.8 Å². The minimum atomic E-state index is -0.230. The molecule has 0 unspecified atom stereocenters. The third-order valence-corrected chi connectivity index (χ3v) is 20.3. The zero-order chi connectivity index (χ0) is 55.1. The maximum atomic E-state index is 7.47. The van der Waals surface area contributed by atoms with Crippen molar-refractivity contribution in [1.29, 1.82) is 0 Å². The summed E-state index contributed by atoms with van der Waals surface area (Å²) in [5.41, 5.74) is 21.3. The molecular formula is C74H67BN2OS2. The van der Waals surface area contributed by atoms with Crippen molar-refractivity contribution in [3.05, 3.63) is 209 Å². The highest BCUT2D eigenvalue weighted by molar-refractivity contribution is 7.26. The van der Waals surface area contributed by atoms with Crippen molar-refractivity contribution in [2.24, 2.45) is 0 Å². The molecule has 4 aromatic heterocycles. The minimum Gasteiger partial charge on any atom is -0.466 e. The topological polar surface area (TPSA) is 21.3 Å². The third-order valence-electron chi connectivity index (χ3n) is 18.0. The average molecular weight is 1080 g/mol. The number of rotatable bonds is 5. The standard InChI is InChI=1S/C74H67BN2OS2/c1-71(2,3)45-22-18-43(19-23-45)54(44-20-24-46(25-21-44)72(4,5)6)35-42-17-31-51-57-38-55-52-32-33-53-56-40-65-58(50-15-13-14-16-63(50)79-65)39-60(56)76-68(53)67(52)75(70-69(76)59-37-48(74(10,11)12)28-34-62(59)78-70)77(61(55)41-66(57)80-64(51)36-42)49-29-26-47(27-30-49)73(7,8)9/h13-34,36-41,54H,35H2,1-12H3. The molecule has 0 radical (unpaired) electrons. The summed E-state index contributed by atoms with van der Waals surface area (Å²) in [6.07, 6.45) is 0.910. The largest absolute Gasteiger partial charge is 0.466 e. The molecule has 394 valence electrons. The summed E-state index contributed by atoms with van der Waals surface area (Å²) in [4.78, 5) is 2.64. The lowest BCUT2D eigenvalue weighted by atomic mass is 9.46. The molecule has 0 atom stereocenters. The number of aromatic nitrogens is 1. The van der Waals surface area contributed by atoms with Crippen LogP contribution in [0.2, 0.25) is 0 Å². The van der Waals surface area contributed by atoms with E-state index in [0.29, 0.717) is 0 Å². The van der Waals surface area contributed by atoms with Crippen molar-refractivity contribution in [2.75, 3.05) is 4.81 Å². The Morgan fingerprint density at radius 2 is 1.01 bits per heavy atom. The van der Waals surface area contributed by atoms with Crippen LogP contribution >= 0.6 is 22.7 Å². The van der Waals surface area contributed by atoms with Gasteiger partial charge in [0.2, 0.25) is 0 Å². The molecule has 0 amide bonds. The van der Waals surface area contributed by atoms with Crippen LogP contribution in [0.4, 0.5) is 11.4 Å². The van der Waals surface area contributed by atoms with Crippen LogP contribution in [0.1, 0.15) is 128 Å². The summed E-state index contributed by atoms with van der Waals surface area (Å²) in [5.74, 6) is 0.213. The normalized spacial score (nSPS) is 13.9. The molecule has 9 aromatic carbocycles. The van der Waals surface area contributed by atoms with Gasteiger partial charge in [-0.25, -0.2) is 0 Å². The molecule has 15 rings (SSSR count). The molecule has 0 saturated carbocycles. The van der Waals surface area contributed by atoms with E-state index >= 15 is 0 Å². The predicted octanol–water partition coefficient (Wildman–Crippen LogP) is 20.1. The molecule has 0 spiro atoms. The van der Waals surface area contributed by atoms with Crippen molar-refractivity contribution in [2.45, 2.75) is 117 Å². The highest BCUT2D eigenvalue weighted by Crippen LogP contribution is 2.51. The van der Waals surface area contributed by atoms with E-state index in [1.807, 2.05) is 22.7 Å². The first-order valence-corrected chi connectivity index (χ1v) is 30.4. The number of thiophene rings is 2. The van der Waals surface area contributed by atoms with Crippen LogP contribution in [-0.2, 0) is 28.1 Å². The number of benzene rings is 9. The molecule has 80 heavy (non-hydrogen) atoms.